The van der Waals surface area contributed by atoms with Crippen molar-refractivity contribution >= 4 is 39.4 Å². The highest BCUT2D eigenvalue weighted by Crippen LogP contribution is 2.17. The molecule has 0 unspecified atom stereocenters. The molecule has 3 rings (SSSR count). The van der Waals surface area contributed by atoms with Crippen molar-refractivity contribution in [2.45, 2.75) is 11.3 Å². The number of benzene rings is 2. The van der Waals surface area contributed by atoms with Crippen molar-refractivity contribution in [3.8, 4) is 0 Å². The van der Waals surface area contributed by atoms with E-state index in [4.69, 9.17) is 16.0 Å². The highest BCUT2D eigenvalue weighted by Gasteiger charge is 2.11. The van der Waals surface area contributed by atoms with Crippen LogP contribution in [0, 0.1) is 0 Å². The Labute approximate surface area is 167 Å². The van der Waals surface area contributed by atoms with Gasteiger partial charge in [-0.25, -0.2) is 8.42 Å². The number of halogens is 1. The van der Waals surface area contributed by atoms with Gasteiger partial charge < -0.3 is 4.42 Å². The topological polar surface area (TPSA) is 102 Å². The number of nitrogens with one attached hydrogen (secondary N) is 1. The third-order valence-corrected chi connectivity index (χ3v) is 5.20. The molecule has 1 heterocycles. The van der Waals surface area contributed by atoms with E-state index < -0.39 is 15.7 Å². The lowest BCUT2D eigenvalue weighted by Gasteiger charge is -2.00. The third-order valence-electron chi connectivity index (χ3n) is 3.72. The maximum Gasteiger partial charge on any atom is 0.322 e. The monoisotopic (exact) mass is 417 g/mol. The normalized spacial score (nSPS) is 11.6. The number of carbonyl (C=O) groups is 1. The van der Waals surface area contributed by atoms with Crippen molar-refractivity contribution < 1.29 is 17.6 Å². The van der Waals surface area contributed by atoms with E-state index in [9.17, 15) is 13.2 Å². The van der Waals surface area contributed by atoms with Crippen molar-refractivity contribution in [2.75, 3.05) is 11.6 Å². The van der Waals surface area contributed by atoms with Gasteiger partial charge in [0, 0.05) is 17.4 Å². The summed E-state index contributed by atoms with van der Waals surface area (Å²) in [6.45, 7) is 0. The molecule has 0 aliphatic heterocycles. The van der Waals surface area contributed by atoms with E-state index in [1.165, 1.54) is 18.2 Å². The number of aromatic nitrogens is 2. The molecular formula is C19H16ClN3O4S. The minimum atomic E-state index is -3.24. The maximum atomic E-state index is 12.0. The molecule has 0 radical (unpaired) electrons. The fraction of sp³-hybridized carbons (Fsp3) is 0.105. The smallest absolute Gasteiger partial charge is 0.322 e. The van der Waals surface area contributed by atoms with Crippen LogP contribution in [0.1, 0.15) is 17.0 Å². The van der Waals surface area contributed by atoms with Gasteiger partial charge in [-0.1, -0.05) is 47.0 Å². The van der Waals surface area contributed by atoms with Crippen molar-refractivity contribution in [1.29, 1.82) is 0 Å². The van der Waals surface area contributed by atoms with Crippen LogP contribution in [0.15, 0.2) is 63.9 Å². The first-order chi connectivity index (χ1) is 13.3. The van der Waals surface area contributed by atoms with E-state index >= 15 is 0 Å². The average Bonchev–Trinajstić information content (AvgIpc) is 3.07. The minimum Gasteiger partial charge on any atom is -0.407 e. The first-order valence-electron chi connectivity index (χ1n) is 8.16. The molecule has 0 atom stereocenters. The van der Waals surface area contributed by atoms with E-state index in [1.54, 1.807) is 36.4 Å². The molecule has 0 aliphatic rings. The van der Waals surface area contributed by atoms with Crippen LogP contribution in [-0.2, 0) is 21.1 Å². The minimum absolute atomic E-state index is 0.0310. The predicted octanol–water partition coefficient (Wildman–Crippen LogP) is 3.37. The van der Waals surface area contributed by atoms with Gasteiger partial charge in [0.15, 0.2) is 9.84 Å². The zero-order valence-electron chi connectivity index (χ0n) is 14.8. The van der Waals surface area contributed by atoms with E-state index in [-0.39, 0.29) is 16.8 Å². The molecule has 0 aliphatic carbocycles. The number of hydrogen-bond acceptors (Lipinski definition) is 6. The number of nitrogens with zero attached hydrogens (tertiary/aromatic N) is 2. The zero-order valence-corrected chi connectivity index (χ0v) is 16.4. The first kappa shape index (κ1) is 19.8. The summed E-state index contributed by atoms with van der Waals surface area (Å²) in [4.78, 5) is 12.2. The molecule has 7 nitrogen and oxygen atoms in total. The van der Waals surface area contributed by atoms with Gasteiger partial charge >= 0.3 is 6.01 Å². The summed E-state index contributed by atoms with van der Waals surface area (Å²) >= 11 is 6.03. The van der Waals surface area contributed by atoms with Gasteiger partial charge in [-0.05, 0) is 35.4 Å². The second-order valence-electron chi connectivity index (χ2n) is 5.94. The van der Waals surface area contributed by atoms with Crippen LogP contribution in [0.25, 0.3) is 6.08 Å². The Morgan fingerprint density at radius 2 is 1.86 bits per heavy atom. The standard InChI is InChI=1S/C19H16ClN3O4S/c1-28(25,26)15-9-6-13(7-10-15)12-18-22-23-19(27-18)21-17(24)11-8-14-4-2-3-5-16(14)20/h2-11H,12H2,1H3,(H,21,23,24)/b11-8+. The van der Waals surface area contributed by atoms with Gasteiger partial charge in [0.2, 0.25) is 5.89 Å². The lowest BCUT2D eigenvalue weighted by molar-refractivity contribution is -0.112. The first-order valence-corrected chi connectivity index (χ1v) is 10.4. The Hall–Kier alpha value is -2.97. The molecule has 144 valence electrons. The quantitative estimate of drug-likeness (QED) is 0.617. The summed E-state index contributed by atoms with van der Waals surface area (Å²) in [6.07, 6.45) is 4.35. The molecule has 1 N–H and O–H groups in total. The van der Waals surface area contributed by atoms with Crippen LogP contribution < -0.4 is 5.32 Å². The fourth-order valence-corrected chi connectivity index (χ4v) is 3.16. The van der Waals surface area contributed by atoms with Gasteiger partial charge in [-0.2, -0.15) is 0 Å². The second kappa shape index (κ2) is 8.37. The molecule has 0 spiro atoms. The Morgan fingerprint density at radius 3 is 2.54 bits per heavy atom. The number of anilines is 1. The zero-order chi connectivity index (χ0) is 20.1. The largest absolute Gasteiger partial charge is 0.407 e. The maximum absolute atomic E-state index is 12.0. The van der Waals surface area contributed by atoms with E-state index in [0.717, 1.165) is 11.8 Å². The molecule has 28 heavy (non-hydrogen) atoms. The summed E-state index contributed by atoms with van der Waals surface area (Å²) in [5, 5.41) is 10.7. The van der Waals surface area contributed by atoms with Crippen LogP contribution in [0.5, 0.6) is 0 Å². The van der Waals surface area contributed by atoms with Crippen molar-refractivity contribution in [2.24, 2.45) is 0 Å². The van der Waals surface area contributed by atoms with Gasteiger partial charge in [0.05, 0.1) is 11.3 Å². The van der Waals surface area contributed by atoms with Crippen LogP contribution in [0.4, 0.5) is 6.01 Å². The molecular weight excluding hydrogens is 402 g/mol. The van der Waals surface area contributed by atoms with Crippen molar-refractivity contribution in [3.05, 3.63) is 76.6 Å². The molecule has 1 amide bonds. The molecule has 9 heteroatoms. The summed E-state index contributed by atoms with van der Waals surface area (Å²) in [5.41, 5.74) is 1.51. The summed E-state index contributed by atoms with van der Waals surface area (Å²) in [7, 11) is -3.24. The second-order valence-corrected chi connectivity index (χ2v) is 8.36. The number of hydrogen-bond donors (Lipinski definition) is 1. The molecule has 0 bridgehead atoms. The summed E-state index contributed by atoms with van der Waals surface area (Å²) in [5.74, 6) is -0.148. The Kier molecular flexibility index (Phi) is 5.91. The van der Waals surface area contributed by atoms with E-state index in [1.807, 2.05) is 6.07 Å². The van der Waals surface area contributed by atoms with E-state index in [2.05, 4.69) is 15.5 Å². The number of carbonyl (C=O) groups excluding carboxylic acids is 1. The average molecular weight is 418 g/mol. The van der Waals surface area contributed by atoms with Gasteiger partial charge in [-0.15, -0.1) is 5.10 Å². The summed E-state index contributed by atoms with van der Waals surface area (Å²) < 4.78 is 28.4. The summed E-state index contributed by atoms with van der Waals surface area (Å²) in [6, 6.07) is 13.5. The van der Waals surface area contributed by atoms with Crippen LogP contribution in [-0.4, -0.2) is 30.8 Å². The van der Waals surface area contributed by atoms with Crippen LogP contribution in [0.2, 0.25) is 5.02 Å². The number of sulfone groups is 1. The van der Waals surface area contributed by atoms with Crippen LogP contribution in [0.3, 0.4) is 0 Å². The molecule has 2 aromatic carbocycles. The number of rotatable bonds is 6. The Morgan fingerprint density at radius 1 is 1.14 bits per heavy atom. The predicted molar refractivity (Wildman–Crippen MR) is 106 cm³/mol. The van der Waals surface area contributed by atoms with Crippen molar-refractivity contribution in [3.63, 3.8) is 0 Å². The molecule has 0 saturated heterocycles. The van der Waals surface area contributed by atoms with Gasteiger partial charge in [-0.3, -0.25) is 10.1 Å². The lowest BCUT2D eigenvalue weighted by Crippen LogP contribution is -2.07. The van der Waals surface area contributed by atoms with Gasteiger partial charge in [0.25, 0.3) is 5.91 Å². The van der Waals surface area contributed by atoms with Gasteiger partial charge in [0.1, 0.15) is 0 Å². The number of amides is 1. The van der Waals surface area contributed by atoms with Crippen molar-refractivity contribution in [1.82, 2.24) is 10.2 Å². The molecule has 3 aromatic rings. The Balaban J connectivity index is 1.61. The fourth-order valence-electron chi connectivity index (χ4n) is 2.33. The van der Waals surface area contributed by atoms with Crippen LogP contribution >= 0.6 is 11.6 Å². The third kappa shape index (κ3) is 5.28. The SMILES string of the molecule is CS(=O)(=O)c1ccc(Cc2nnc(NC(=O)/C=C/c3ccccc3Cl)o2)cc1. The highest BCUT2D eigenvalue weighted by molar-refractivity contribution is 7.90. The lowest BCUT2D eigenvalue weighted by atomic mass is 10.1. The van der Waals surface area contributed by atoms with E-state index in [0.29, 0.717) is 17.0 Å². The molecule has 0 saturated carbocycles. The highest BCUT2D eigenvalue weighted by atomic mass is 35.5. The molecule has 1 aromatic heterocycles. The Bertz CT molecular complexity index is 1120. The molecule has 0 fully saturated rings.